The van der Waals surface area contributed by atoms with Gasteiger partial charge in [-0.3, -0.25) is 4.90 Å². The van der Waals surface area contributed by atoms with Crippen molar-refractivity contribution < 1.29 is 9.90 Å². The van der Waals surface area contributed by atoms with Gasteiger partial charge in [-0.05, 0) is 37.6 Å². The molecular weight excluding hydrogens is 340 g/mol. The molecule has 1 fully saturated rings. The maximum absolute atomic E-state index is 11.7. The maximum atomic E-state index is 11.7. The molecule has 3 heterocycles. The quantitative estimate of drug-likeness (QED) is 0.883. The first kappa shape index (κ1) is 17.8. The third kappa shape index (κ3) is 3.62. The van der Waals surface area contributed by atoms with Crippen LogP contribution in [0.25, 0.3) is 16.6 Å². The maximum Gasteiger partial charge on any atom is 0.411 e. The summed E-state index contributed by atoms with van der Waals surface area (Å²) in [6.45, 7) is 6.65. The number of anilines is 1. The van der Waals surface area contributed by atoms with Crippen molar-refractivity contribution in [3.05, 3.63) is 42.0 Å². The molecule has 4 rings (SSSR count). The fraction of sp³-hybridized carbons (Fsp3) is 0.429. The summed E-state index contributed by atoms with van der Waals surface area (Å²) >= 11 is 0. The third-order valence-corrected chi connectivity index (χ3v) is 5.53. The Kier molecular flexibility index (Phi) is 4.74. The Morgan fingerprint density at radius 2 is 1.89 bits per heavy atom. The van der Waals surface area contributed by atoms with E-state index < -0.39 is 6.09 Å². The Morgan fingerprint density at radius 1 is 1.15 bits per heavy atom. The third-order valence-electron chi connectivity index (χ3n) is 5.53. The van der Waals surface area contributed by atoms with Gasteiger partial charge in [-0.1, -0.05) is 25.1 Å². The largest absolute Gasteiger partial charge is 0.465 e. The van der Waals surface area contributed by atoms with E-state index in [4.69, 9.17) is 4.98 Å². The summed E-state index contributed by atoms with van der Waals surface area (Å²) in [4.78, 5) is 22.7. The topological polar surface area (TPSA) is 59.9 Å². The molecule has 1 amide bonds. The Morgan fingerprint density at radius 3 is 2.63 bits per heavy atom. The molecule has 142 valence electrons. The summed E-state index contributed by atoms with van der Waals surface area (Å²) in [5.41, 5.74) is 2.60. The number of hydrogen-bond acceptors (Lipinski definition) is 4. The monoisotopic (exact) mass is 366 g/mol. The van der Waals surface area contributed by atoms with Gasteiger partial charge in [0.1, 0.15) is 5.82 Å². The molecule has 1 aromatic carbocycles. The van der Waals surface area contributed by atoms with Gasteiger partial charge in [-0.15, -0.1) is 0 Å². The van der Waals surface area contributed by atoms with E-state index in [9.17, 15) is 9.90 Å². The summed E-state index contributed by atoms with van der Waals surface area (Å²) in [5.74, 6) is 1.33. The van der Waals surface area contributed by atoms with E-state index in [0.717, 1.165) is 60.6 Å². The number of nitrogens with zero attached hydrogens (tertiary/aromatic N) is 4. The minimum atomic E-state index is -0.896. The van der Waals surface area contributed by atoms with Crippen molar-refractivity contribution in [1.29, 1.82) is 0 Å². The summed E-state index contributed by atoms with van der Waals surface area (Å²) in [5, 5.41) is 10.7. The number of hydrogen-bond donors (Lipinski definition) is 1. The number of carboxylic acid groups (broad SMARTS) is 1. The highest BCUT2D eigenvalue weighted by Gasteiger charge is 2.25. The van der Waals surface area contributed by atoms with E-state index in [1.54, 1.807) is 0 Å². The van der Waals surface area contributed by atoms with Crippen molar-refractivity contribution in [3.63, 3.8) is 0 Å². The average molecular weight is 366 g/mol. The number of allylic oxidation sites excluding steroid dienone is 1. The van der Waals surface area contributed by atoms with Crippen LogP contribution in [0.15, 0.2) is 36.4 Å². The Labute approximate surface area is 159 Å². The van der Waals surface area contributed by atoms with Crippen molar-refractivity contribution in [2.75, 3.05) is 44.7 Å². The van der Waals surface area contributed by atoms with Crippen LogP contribution in [0.2, 0.25) is 0 Å². The van der Waals surface area contributed by atoms with E-state index in [-0.39, 0.29) is 0 Å². The number of benzene rings is 1. The molecule has 1 atom stereocenters. The van der Waals surface area contributed by atoms with Crippen LogP contribution in [-0.2, 0) is 0 Å². The van der Waals surface area contributed by atoms with Gasteiger partial charge in [0, 0.05) is 43.7 Å². The zero-order valence-electron chi connectivity index (χ0n) is 15.9. The highest BCUT2D eigenvalue weighted by Crippen LogP contribution is 2.30. The first-order valence-corrected chi connectivity index (χ1v) is 9.56. The number of fused-ring (bicyclic) bond motifs is 1. The highest BCUT2D eigenvalue weighted by molar-refractivity contribution is 5.87. The molecule has 6 nitrogen and oxygen atoms in total. The fourth-order valence-corrected chi connectivity index (χ4v) is 3.84. The van der Waals surface area contributed by atoms with Crippen molar-refractivity contribution >= 4 is 28.5 Å². The second-order valence-corrected chi connectivity index (χ2v) is 7.69. The lowest BCUT2D eigenvalue weighted by Crippen LogP contribution is -2.44. The van der Waals surface area contributed by atoms with Crippen molar-refractivity contribution in [1.82, 2.24) is 14.8 Å². The Bertz CT molecular complexity index is 887. The molecule has 1 N–H and O–H groups in total. The van der Waals surface area contributed by atoms with Crippen LogP contribution < -0.4 is 4.90 Å². The number of likely N-dealkylation sites (N-methyl/N-ethyl adjacent to an activating group) is 1. The average Bonchev–Trinajstić information content (AvgIpc) is 2.67. The molecule has 0 saturated carbocycles. The Hall–Kier alpha value is -2.60. The molecule has 2 aromatic rings. The van der Waals surface area contributed by atoms with E-state index in [1.165, 1.54) is 4.90 Å². The summed E-state index contributed by atoms with van der Waals surface area (Å²) in [7, 11) is 2.14. The van der Waals surface area contributed by atoms with Crippen molar-refractivity contribution in [2.24, 2.45) is 5.92 Å². The van der Waals surface area contributed by atoms with Crippen LogP contribution in [0.3, 0.4) is 0 Å². The lowest BCUT2D eigenvalue weighted by Gasteiger charge is -2.33. The van der Waals surface area contributed by atoms with Crippen LogP contribution in [0, 0.1) is 5.92 Å². The van der Waals surface area contributed by atoms with E-state index in [1.807, 2.05) is 24.3 Å². The predicted molar refractivity (Wildman–Crippen MR) is 108 cm³/mol. The van der Waals surface area contributed by atoms with Crippen LogP contribution in [-0.4, -0.2) is 65.8 Å². The molecule has 6 heteroatoms. The normalized spacial score (nSPS) is 21.4. The number of aromatic nitrogens is 1. The Balaban J connectivity index is 1.67. The van der Waals surface area contributed by atoms with E-state index in [2.05, 4.69) is 35.9 Å². The fourth-order valence-electron chi connectivity index (χ4n) is 3.84. The van der Waals surface area contributed by atoms with Gasteiger partial charge in [0.2, 0.25) is 0 Å². The summed E-state index contributed by atoms with van der Waals surface area (Å²) in [6, 6.07) is 10.2. The van der Waals surface area contributed by atoms with Gasteiger partial charge in [0.15, 0.2) is 0 Å². The van der Waals surface area contributed by atoms with Crippen molar-refractivity contribution in [2.45, 2.75) is 13.3 Å². The molecule has 0 aliphatic carbocycles. The van der Waals surface area contributed by atoms with Crippen LogP contribution in [0.4, 0.5) is 10.6 Å². The van der Waals surface area contributed by atoms with Gasteiger partial charge >= 0.3 is 6.09 Å². The molecule has 0 spiro atoms. The summed E-state index contributed by atoms with van der Waals surface area (Å²) < 4.78 is 0. The second kappa shape index (κ2) is 7.19. The van der Waals surface area contributed by atoms with Gasteiger partial charge in [0.05, 0.1) is 11.2 Å². The van der Waals surface area contributed by atoms with Crippen LogP contribution in [0.5, 0.6) is 0 Å². The van der Waals surface area contributed by atoms with Crippen LogP contribution >= 0.6 is 0 Å². The zero-order valence-corrected chi connectivity index (χ0v) is 15.9. The second-order valence-electron chi connectivity index (χ2n) is 7.69. The molecule has 1 aromatic heterocycles. The molecule has 0 radical (unpaired) electrons. The van der Waals surface area contributed by atoms with Gasteiger partial charge in [-0.25, -0.2) is 9.78 Å². The standard InChI is InChI=1S/C21H26N4O2/c1-15-3-7-19(25(14-15)21(26)27)17-5-4-16-6-8-20(22-18(16)13-17)24-11-9-23(2)10-12-24/h4-8,13,15H,3,9-12,14H2,1-2H3,(H,26,27)/t15-/m0/s1. The smallest absolute Gasteiger partial charge is 0.411 e. The molecule has 0 bridgehead atoms. The number of rotatable bonds is 2. The molecule has 1 saturated heterocycles. The molecule has 2 aliphatic heterocycles. The van der Waals surface area contributed by atoms with E-state index in [0.29, 0.717) is 12.5 Å². The van der Waals surface area contributed by atoms with Gasteiger partial charge in [0.25, 0.3) is 0 Å². The van der Waals surface area contributed by atoms with Gasteiger partial charge < -0.3 is 14.9 Å². The minimum Gasteiger partial charge on any atom is -0.465 e. The molecular formula is C21H26N4O2. The highest BCUT2D eigenvalue weighted by atomic mass is 16.4. The van der Waals surface area contributed by atoms with Crippen LogP contribution in [0.1, 0.15) is 18.9 Å². The van der Waals surface area contributed by atoms with Crippen molar-refractivity contribution in [3.8, 4) is 0 Å². The first-order valence-electron chi connectivity index (χ1n) is 9.56. The zero-order chi connectivity index (χ0) is 19.0. The molecule has 27 heavy (non-hydrogen) atoms. The first-order chi connectivity index (χ1) is 13.0. The number of pyridine rings is 1. The minimum absolute atomic E-state index is 0.340. The summed E-state index contributed by atoms with van der Waals surface area (Å²) in [6.07, 6.45) is 2.03. The number of piperazine rings is 1. The number of carbonyl (C=O) groups is 1. The predicted octanol–water partition coefficient (Wildman–Crippen LogP) is 3.35. The SMILES string of the molecule is C[C@H]1CC=C(c2ccc3ccc(N4CCN(C)CC4)nc3c2)N(C(=O)O)C1. The molecule has 0 unspecified atom stereocenters. The van der Waals surface area contributed by atoms with E-state index >= 15 is 0 Å². The lowest BCUT2D eigenvalue weighted by atomic mass is 9.98. The molecule has 2 aliphatic rings. The number of amides is 1. The van der Waals surface area contributed by atoms with Gasteiger partial charge in [-0.2, -0.15) is 0 Å². The lowest BCUT2D eigenvalue weighted by molar-refractivity contribution is 0.159.